The number of fused-ring (bicyclic) bond motifs is 1. The average molecular weight is 462 g/mol. The number of nitrogens with zero attached hydrogens (tertiary/aromatic N) is 1. The molecule has 1 heterocycles. The van der Waals surface area contributed by atoms with E-state index in [1.165, 1.54) is 0 Å². The number of ether oxygens (including phenoxy) is 3. The molecule has 0 amide bonds. The lowest BCUT2D eigenvalue weighted by Crippen LogP contribution is -2.06. The summed E-state index contributed by atoms with van der Waals surface area (Å²) in [7, 11) is 0. The van der Waals surface area contributed by atoms with Crippen LogP contribution in [0.5, 0.6) is 17.2 Å². The summed E-state index contributed by atoms with van der Waals surface area (Å²) in [6, 6.07) is 36.1. The van der Waals surface area contributed by atoms with Crippen molar-refractivity contribution in [1.29, 1.82) is 0 Å². The molecule has 0 unspecified atom stereocenters. The lowest BCUT2D eigenvalue weighted by molar-refractivity contribution is 0.283. The Morgan fingerprint density at radius 3 is 1.83 bits per heavy atom. The molecule has 5 rings (SSSR count). The molecule has 0 aliphatic rings. The van der Waals surface area contributed by atoms with E-state index in [9.17, 15) is 0 Å². The Bertz CT molecular complexity index is 1400. The SMILES string of the molecule is Cc1c(COc2cccc(OCc3ccccc3)c2)nc2ccccc2c1OCc1ccccc1. The Morgan fingerprint density at radius 2 is 1.14 bits per heavy atom. The maximum absolute atomic E-state index is 6.31. The Kier molecular flexibility index (Phi) is 6.90. The highest BCUT2D eigenvalue weighted by Crippen LogP contribution is 2.32. The molecule has 35 heavy (non-hydrogen) atoms. The van der Waals surface area contributed by atoms with Gasteiger partial charge >= 0.3 is 0 Å². The lowest BCUT2D eigenvalue weighted by atomic mass is 10.1. The smallest absolute Gasteiger partial charge is 0.134 e. The Balaban J connectivity index is 1.32. The maximum atomic E-state index is 6.31. The van der Waals surface area contributed by atoms with Gasteiger partial charge in [0, 0.05) is 17.0 Å². The number of hydrogen-bond acceptors (Lipinski definition) is 4. The molecular formula is C31H27NO3. The molecular weight excluding hydrogens is 434 g/mol. The van der Waals surface area contributed by atoms with Crippen LogP contribution >= 0.6 is 0 Å². The van der Waals surface area contributed by atoms with Crippen LogP contribution in [-0.4, -0.2) is 4.98 Å². The molecule has 0 aliphatic heterocycles. The fourth-order valence-corrected chi connectivity index (χ4v) is 3.93. The van der Waals surface area contributed by atoms with Crippen molar-refractivity contribution in [2.24, 2.45) is 0 Å². The molecule has 0 saturated heterocycles. The minimum atomic E-state index is 0.334. The van der Waals surface area contributed by atoms with Crippen LogP contribution in [-0.2, 0) is 19.8 Å². The topological polar surface area (TPSA) is 40.6 Å². The molecule has 0 fully saturated rings. The van der Waals surface area contributed by atoms with E-state index in [2.05, 4.69) is 12.1 Å². The van der Waals surface area contributed by atoms with Gasteiger partial charge in [0.15, 0.2) is 0 Å². The Labute approximate surface area is 205 Å². The number of para-hydroxylation sites is 1. The van der Waals surface area contributed by atoms with Crippen molar-refractivity contribution in [2.75, 3.05) is 0 Å². The van der Waals surface area contributed by atoms with Gasteiger partial charge in [0.1, 0.15) is 37.1 Å². The van der Waals surface area contributed by atoms with Gasteiger partial charge in [0.2, 0.25) is 0 Å². The van der Waals surface area contributed by atoms with Gasteiger partial charge in [-0.25, -0.2) is 4.98 Å². The summed E-state index contributed by atoms with van der Waals surface area (Å²) in [6.07, 6.45) is 0. The first-order valence-electron chi connectivity index (χ1n) is 11.7. The highest BCUT2D eigenvalue weighted by molar-refractivity contribution is 5.86. The zero-order valence-corrected chi connectivity index (χ0v) is 19.7. The van der Waals surface area contributed by atoms with E-state index in [1.807, 2.05) is 104 Å². The van der Waals surface area contributed by atoms with E-state index in [1.54, 1.807) is 0 Å². The third-order valence-electron chi connectivity index (χ3n) is 5.83. The van der Waals surface area contributed by atoms with Crippen molar-refractivity contribution in [1.82, 2.24) is 4.98 Å². The van der Waals surface area contributed by atoms with Crippen LogP contribution in [0.25, 0.3) is 10.9 Å². The Hall–Kier alpha value is -4.31. The fraction of sp³-hybridized carbons (Fsp3) is 0.129. The summed E-state index contributed by atoms with van der Waals surface area (Å²) in [5.41, 5.74) is 4.97. The van der Waals surface area contributed by atoms with Crippen molar-refractivity contribution < 1.29 is 14.2 Å². The summed E-state index contributed by atoms with van der Waals surface area (Å²) in [5, 5.41) is 1.00. The molecule has 0 spiro atoms. The van der Waals surface area contributed by atoms with Gasteiger partial charge in [0.25, 0.3) is 0 Å². The zero-order valence-electron chi connectivity index (χ0n) is 19.7. The molecule has 0 N–H and O–H groups in total. The van der Waals surface area contributed by atoms with Crippen LogP contribution in [0.2, 0.25) is 0 Å². The van der Waals surface area contributed by atoms with Crippen molar-refractivity contribution in [2.45, 2.75) is 26.7 Å². The highest BCUT2D eigenvalue weighted by atomic mass is 16.5. The van der Waals surface area contributed by atoms with Crippen LogP contribution in [0, 0.1) is 6.92 Å². The van der Waals surface area contributed by atoms with Crippen LogP contribution in [0.15, 0.2) is 109 Å². The second-order valence-corrected chi connectivity index (χ2v) is 8.34. The molecule has 4 heteroatoms. The fourth-order valence-electron chi connectivity index (χ4n) is 3.93. The molecule has 5 aromatic rings. The molecule has 0 saturated carbocycles. The molecule has 1 aromatic heterocycles. The van der Waals surface area contributed by atoms with Gasteiger partial charge in [-0.1, -0.05) is 78.9 Å². The van der Waals surface area contributed by atoms with E-state index < -0.39 is 0 Å². The average Bonchev–Trinajstić information content (AvgIpc) is 2.92. The standard InChI is InChI=1S/C31H27NO3/c1-23-30(22-34-27-16-10-15-26(19-27)33-20-24-11-4-2-5-12-24)32-29-18-9-8-17-28(29)31(23)35-21-25-13-6-3-7-14-25/h2-19H,20-22H2,1H3. The minimum absolute atomic E-state index is 0.334. The van der Waals surface area contributed by atoms with Gasteiger partial charge in [-0.05, 0) is 42.3 Å². The molecule has 0 aliphatic carbocycles. The largest absolute Gasteiger partial charge is 0.489 e. The lowest BCUT2D eigenvalue weighted by Gasteiger charge is -2.16. The summed E-state index contributed by atoms with van der Waals surface area (Å²) in [6.45, 7) is 3.38. The van der Waals surface area contributed by atoms with Crippen molar-refractivity contribution in [3.8, 4) is 17.2 Å². The number of hydrogen-bond donors (Lipinski definition) is 0. The van der Waals surface area contributed by atoms with E-state index >= 15 is 0 Å². The molecule has 0 bridgehead atoms. The third-order valence-corrected chi connectivity index (χ3v) is 5.83. The second kappa shape index (κ2) is 10.7. The summed E-state index contributed by atoms with van der Waals surface area (Å²) < 4.78 is 18.4. The van der Waals surface area contributed by atoms with Crippen LogP contribution in [0.4, 0.5) is 0 Å². The van der Waals surface area contributed by atoms with E-state index in [0.29, 0.717) is 19.8 Å². The minimum Gasteiger partial charge on any atom is -0.489 e. The monoisotopic (exact) mass is 461 g/mol. The quantitative estimate of drug-likeness (QED) is 0.231. The van der Waals surface area contributed by atoms with Crippen molar-refractivity contribution >= 4 is 10.9 Å². The van der Waals surface area contributed by atoms with Crippen LogP contribution in [0.3, 0.4) is 0 Å². The van der Waals surface area contributed by atoms with Gasteiger partial charge in [0.05, 0.1) is 11.2 Å². The summed E-state index contributed by atoms with van der Waals surface area (Å²) >= 11 is 0. The van der Waals surface area contributed by atoms with Gasteiger partial charge in [-0.2, -0.15) is 0 Å². The van der Waals surface area contributed by atoms with E-state index in [-0.39, 0.29) is 0 Å². The number of aromatic nitrogens is 1. The van der Waals surface area contributed by atoms with Crippen molar-refractivity contribution in [3.63, 3.8) is 0 Å². The van der Waals surface area contributed by atoms with Crippen LogP contribution < -0.4 is 14.2 Å². The zero-order chi connectivity index (χ0) is 23.9. The van der Waals surface area contributed by atoms with E-state index in [0.717, 1.165) is 50.5 Å². The second-order valence-electron chi connectivity index (χ2n) is 8.34. The number of benzene rings is 4. The molecule has 0 radical (unpaired) electrons. The number of rotatable bonds is 9. The van der Waals surface area contributed by atoms with Crippen molar-refractivity contribution in [3.05, 3.63) is 132 Å². The first kappa shape index (κ1) is 22.5. The third kappa shape index (κ3) is 5.61. The number of pyridine rings is 1. The normalized spacial score (nSPS) is 10.8. The molecule has 174 valence electrons. The predicted octanol–water partition coefficient (Wildman–Crippen LogP) is 7.28. The molecule has 4 nitrogen and oxygen atoms in total. The first-order valence-corrected chi connectivity index (χ1v) is 11.7. The molecule has 4 aromatic carbocycles. The van der Waals surface area contributed by atoms with Gasteiger partial charge < -0.3 is 14.2 Å². The van der Waals surface area contributed by atoms with E-state index in [4.69, 9.17) is 19.2 Å². The van der Waals surface area contributed by atoms with Gasteiger partial charge in [-0.15, -0.1) is 0 Å². The molecule has 0 atom stereocenters. The Morgan fingerprint density at radius 1 is 0.571 bits per heavy atom. The summed E-state index contributed by atoms with van der Waals surface area (Å²) in [5.74, 6) is 2.34. The summed E-state index contributed by atoms with van der Waals surface area (Å²) in [4.78, 5) is 4.87. The first-order chi connectivity index (χ1) is 17.3. The predicted molar refractivity (Wildman–Crippen MR) is 139 cm³/mol. The maximum Gasteiger partial charge on any atom is 0.134 e. The van der Waals surface area contributed by atoms with Gasteiger partial charge in [-0.3, -0.25) is 0 Å². The van der Waals surface area contributed by atoms with Crippen LogP contribution in [0.1, 0.15) is 22.4 Å². The highest BCUT2D eigenvalue weighted by Gasteiger charge is 2.14.